The highest BCUT2D eigenvalue weighted by atomic mass is 79.9. The van der Waals surface area contributed by atoms with Crippen LogP contribution in [0, 0.1) is 5.82 Å². The normalized spacial score (nSPS) is 10.8. The quantitative estimate of drug-likeness (QED) is 0.608. The zero-order valence-electron chi connectivity index (χ0n) is 13.9. The Morgan fingerprint density at radius 1 is 1.31 bits per heavy atom. The molecule has 0 radical (unpaired) electrons. The molecule has 0 fully saturated rings. The maximum absolute atomic E-state index is 13.2. The lowest BCUT2D eigenvalue weighted by Crippen LogP contribution is -2.13. The SMILES string of the molecule is CC(C)c1nnc(NC(=O)c2cccnc2Oc2ccc(F)cc2Br)s1. The van der Waals surface area contributed by atoms with Crippen LogP contribution < -0.4 is 10.1 Å². The van der Waals surface area contributed by atoms with Gasteiger partial charge >= 0.3 is 0 Å². The van der Waals surface area contributed by atoms with E-state index in [1.165, 1.54) is 35.7 Å². The van der Waals surface area contributed by atoms with E-state index >= 15 is 0 Å². The number of halogens is 2. The van der Waals surface area contributed by atoms with Crippen molar-refractivity contribution in [3.8, 4) is 11.6 Å². The monoisotopic (exact) mass is 436 g/mol. The van der Waals surface area contributed by atoms with Crippen molar-refractivity contribution in [3.63, 3.8) is 0 Å². The summed E-state index contributed by atoms with van der Waals surface area (Å²) < 4.78 is 19.3. The number of amides is 1. The van der Waals surface area contributed by atoms with Crippen molar-refractivity contribution in [2.24, 2.45) is 0 Å². The third-order valence-electron chi connectivity index (χ3n) is 3.27. The van der Waals surface area contributed by atoms with Crippen molar-refractivity contribution in [2.75, 3.05) is 5.32 Å². The highest BCUT2D eigenvalue weighted by Crippen LogP contribution is 2.31. The molecule has 3 aromatic rings. The van der Waals surface area contributed by atoms with E-state index in [0.29, 0.717) is 15.4 Å². The number of rotatable bonds is 5. The van der Waals surface area contributed by atoms with E-state index in [1.54, 1.807) is 12.1 Å². The number of anilines is 1. The molecular formula is C17H14BrFN4O2S. The lowest BCUT2D eigenvalue weighted by molar-refractivity contribution is 0.102. The standard InChI is InChI=1S/C17H14BrFN4O2S/c1-9(2)16-22-23-17(26-16)21-14(24)11-4-3-7-20-15(11)25-13-6-5-10(19)8-12(13)18/h3-9H,1-2H3,(H,21,23,24). The number of carbonyl (C=O) groups excluding carboxylic acids is 1. The highest BCUT2D eigenvalue weighted by Gasteiger charge is 2.18. The lowest BCUT2D eigenvalue weighted by atomic mass is 10.2. The summed E-state index contributed by atoms with van der Waals surface area (Å²) in [5.74, 6) is -0.146. The fourth-order valence-electron chi connectivity index (χ4n) is 1.99. The second kappa shape index (κ2) is 7.88. The van der Waals surface area contributed by atoms with Gasteiger partial charge in [-0.2, -0.15) is 0 Å². The number of ether oxygens (including phenoxy) is 1. The average molecular weight is 437 g/mol. The Labute approximate surface area is 161 Å². The maximum Gasteiger partial charge on any atom is 0.262 e. The highest BCUT2D eigenvalue weighted by molar-refractivity contribution is 9.10. The molecule has 0 saturated heterocycles. The molecule has 0 saturated carbocycles. The minimum atomic E-state index is -0.419. The molecule has 6 nitrogen and oxygen atoms in total. The van der Waals surface area contributed by atoms with E-state index in [4.69, 9.17) is 4.74 Å². The third kappa shape index (κ3) is 4.23. The van der Waals surface area contributed by atoms with E-state index in [0.717, 1.165) is 5.01 Å². The molecular weight excluding hydrogens is 423 g/mol. The van der Waals surface area contributed by atoms with Crippen LogP contribution in [0.25, 0.3) is 0 Å². The van der Waals surface area contributed by atoms with Gasteiger partial charge in [0.1, 0.15) is 22.1 Å². The number of nitrogens with zero attached hydrogens (tertiary/aromatic N) is 3. The van der Waals surface area contributed by atoms with E-state index in [1.807, 2.05) is 13.8 Å². The Balaban J connectivity index is 1.82. The molecule has 0 unspecified atom stereocenters. The van der Waals surface area contributed by atoms with Crippen LogP contribution in [0.15, 0.2) is 41.0 Å². The van der Waals surface area contributed by atoms with Gasteiger partial charge in [-0.25, -0.2) is 9.37 Å². The molecule has 3 rings (SSSR count). The molecule has 0 bridgehead atoms. The molecule has 26 heavy (non-hydrogen) atoms. The van der Waals surface area contributed by atoms with Crippen LogP contribution in [0.1, 0.15) is 35.1 Å². The number of carbonyl (C=O) groups is 1. The number of pyridine rings is 1. The molecule has 0 spiro atoms. The summed E-state index contributed by atoms with van der Waals surface area (Å²) in [5.41, 5.74) is 0.227. The molecule has 0 atom stereocenters. The Hall–Kier alpha value is -2.39. The smallest absolute Gasteiger partial charge is 0.262 e. The summed E-state index contributed by atoms with van der Waals surface area (Å²) in [6.07, 6.45) is 1.51. The average Bonchev–Trinajstić information content (AvgIpc) is 3.06. The lowest BCUT2D eigenvalue weighted by Gasteiger charge is -2.10. The molecule has 1 amide bonds. The molecule has 134 valence electrons. The predicted octanol–water partition coefficient (Wildman–Crippen LogP) is 5.00. The van der Waals surface area contributed by atoms with Crippen molar-refractivity contribution >= 4 is 38.3 Å². The zero-order chi connectivity index (χ0) is 18.7. The van der Waals surface area contributed by atoms with Gasteiger partial charge < -0.3 is 4.74 Å². The molecule has 2 heterocycles. The second-order valence-corrected chi connectivity index (χ2v) is 7.45. The Bertz CT molecular complexity index is 948. The van der Waals surface area contributed by atoms with Crippen molar-refractivity contribution in [2.45, 2.75) is 19.8 Å². The Morgan fingerprint density at radius 3 is 2.81 bits per heavy atom. The topological polar surface area (TPSA) is 77.0 Å². The summed E-state index contributed by atoms with van der Waals surface area (Å²) in [6.45, 7) is 4.00. The van der Waals surface area contributed by atoms with Gasteiger partial charge in [-0.15, -0.1) is 10.2 Å². The molecule has 0 aliphatic heterocycles. The van der Waals surface area contributed by atoms with Gasteiger partial charge in [0.05, 0.1) is 4.47 Å². The van der Waals surface area contributed by atoms with E-state index < -0.39 is 11.7 Å². The van der Waals surface area contributed by atoms with Crippen LogP contribution in [0.3, 0.4) is 0 Å². The summed E-state index contributed by atoms with van der Waals surface area (Å²) in [7, 11) is 0. The van der Waals surface area contributed by atoms with E-state index in [-0.39, 0.29) is 17.4 Å². The number of nitrogens with one attached hydrogen (secondary N) is 1. The first-order valence-electron chi connectivity index (χ1n) is 7.66. The number of hydrogen-bond acceptors (Lipinski definition) is 6. The van der Waals surface area contributed by atoms with Gasteiger partial charge in [0.25, 0.3) is 5.91 Å². The van der Waals surface area contributed by atoms with Gasteiger partial charge in [-0.05, 0) is 46.3 Å². The van der Waals surface area contributed by atoms with Crippen molar-refractivity contribution in [3.05, 3.63) is 57.4 Å². The zero-order valence-corrected chi connectivity index (χ0v) is 16.3. The first-order chi connectivity index (χ1) is 12.4. The van der Waals surface area contributed by atoms with Crippen LogP contribution in [-0.4, -0.2) is 21.1 Å². The van der Waals surface area contributed by atoms with Crippen LogP contribution in [0.2, 0.25) is 0 Å². The van der Waals surface area contributed by atoms with Gasteiger partial charge in [0.2, 0.25) is 11.0 Å². The van der Waals surface area contributed by atoms with Crippen molar-refractivity contribution < 1.29 is 13.9 Å². The van der Waals surface area contributed by atoms with Crippen LogP contribution in [0.5, 0.6) is 11.6 Å². The maximum atomic E-state index is 13.2. The largest absolute Gasteiger partial charge is 0.437 e. The minimum Gasteiger partial charge on any atom is -0.437 e. The number of benzene rings is 1. The number of hydrogen-bond donors (Lipinski definition) is 1. The van der Waals surface area contributed by atoms with Crippen LogP contribution in [-0.2, 0) is 0 Å². The molecule has 9 heteroatoms. The van der Waals surface area contributed by atoms with Gasteiger partial charge in [-0.1, -0.05) is 25.2 Å². The molecule has 1 N–H and O–H groups in total. The third-order valence-corrected chi connectivity index (χ3v) is 5.03. The molecule has 0 aliphatic carbocycles. The predicted molar refractivity (Wildman–Crippen MR) is 100 cm³/mol. The summed E-state index contributed by atoms with van der Waals surface area (Å²) >= 11 is 4.54. The first kappa shape index (κ1) is 18.4. The van der Waals surface area contributed by atoms with Crippen molar-refractivity contribution in [1.29, 1.82) is 0 Å². The van der Waals surface area contributed by atoms with Gasteiger partial charge in [0.15, 0.2) is 0 Å². The van der Waals surface area contributed by atoms with Crippen LogP contribution in [0.4, 0.5) is 9.52 Å². The summed E-state index contributed by atoms with van der Waals surface area (Å²) in [5, 5.41) is 11.9. The first-order valence-corrected chi connectivity index (χ1v) is 9.27. The Kier molecular flexibility index (Phi) is 5.58. The fourth-order valence-corrected chi connectivity index (χ4v) is 3.16. The van der Waals surface area contributed by atoms with Crippen LogP contribution >= 0.6 is 27.3 Å². The van der Waals surface area contributed by atoms with E-state index in [9.17, 15) is 9.18 Å². The second-order valence-electron chi connectivity index (χ2n) is 5.59. The minimum absolute atomic E-state index is 0.103. The Morgan fingerprint density at radius 2 is 2.12 bits per heavy atom. The number of aromatic nitrogens is 3. The summed E-state index contributed by atoms with van der Waals surface area (Å²) in [6, 6.07) is 7.19. The molecule has 2 aromatic heterocycles. The van der Waals surface area contributed by atoms with Gasteiger partial charge in [0, 0.05) is 12.1 Å². The molecule has 1 aromatic carbocycles. The molecule has 0 aliphatic rings. The van der Waals surface area contributed by atoms with Gasteiger partial charge in [-0.3, -0.25) is 10.1 Å². The fraction of sp³-hybridized carbons (Fsp3) is 0.176. The van der Waals surface area contributed by atoms with Crippen molar-refractivity contribution in [1.82, 2.24) is 15.2 Å². The van der Waals surface area contributed by atoms with E-state index in [2.05, 4.69) is 36.4 Å². The summed E-state index contributed by atoms with van der Waals surface area (Å²) in [4.78, 5) is 16.7.